The van der Waals surface area contributed by atoms with Gasteiger partial charge in [-0.25, -0.2) is 8.78 Å². The molecule has 0 bridgehead atoms. The lowest BCUT2D eigenvalue weighted by Gasteiger charge is -2.38. The first-order valence-electron chi connectivity index (χ1n) is 6.48. The maximum atomic E-state index is 13.8. The molecule has 1 N–H and O–H groups in total. The smallest absolute Gasteiger partial charge is 0.265 e. The van der Waals surface area contributed by atoms with E-state index in [1.165, 1.54) is 6.92 Å². The fourth-order valence-electron chi connectivity index (χ4n) is 2.74. The van der Waals surface area contributed by atoms with E-state index in [-0.39, 0.29) is 12.8 Å². The fourth-order valence-corrected chi connectivity index (χ4v) is 2.74. The summed E-state index contributed by atoms with van der Waals surface area (Å²) in [5, 5.41) is 2.05. The van der Waals surface area contributed by atoms with E-state index in [2.05, 4.69) is 0 Å². The van der Waals surface area contributed by atoms with Crippen molar-refractivity contribution in [2.24, 2.45) is 0 Å². The van der Waals surface area contributed by atoms with Gasteiger partial charge in [0.25, 0.3) is 17.7 Å². The summed E-state index contributed by atoms with van der Waals surface area (Å²) in [4.78, 5) is 48.6. The van der Waals surface area contributed by atoms with Crippen molar-refractivity contribution in [1.29, 1.82) is 0 Å². The third-order valence-corrected chi connectivity index (χ3v) is 3.98. The van der Waals surface area contributed by atoms with Crippen molar-refractivity contribution in [2.45, 2.75) is 25.3 Å². The highest BCUT2D eigenvalue weighted by Gasteiger charge is 2.53. The van der Waals surface area contributed by atoms with Crippen molar-refractivity contribution in [2.75, 3.05) is 0 Å². The van der Waals surface area contributed by atoms with Gasteiger partial charge in [-0.1, -0.05) is 0 Å². The maximum Gasteiger partial charge on any atom is 0.265 e. The number of fused-ring (bicyclic) bond motifs is 1. The van der Waals surface area contributed by atoms with E-state index in [0.29, 0.717) is 11.0 Å². The second kappa shape index (κ2) is 4.43. The van der Waals surface area contributed by atoms with Gasteiger partial charge in [0.05, 0.1) is 11.1 Å². The molecule has 0 radical (unpaired) electrons. The minimum atomic E-state index is -1.62. The first kappa shape index (κ1) is 14.3. The zero-order chi connectivity index (χ0) is 16.2. The molecule has 0 aliphatic carbocycles. The van der Waals surface area contributed by atoms with E-state index >= 15 is 0 Å². The van der Waals surface area contributed by atoms with Crippen LogP contribution < -0.4 is 5.32 Å². The predicted octanol–water partition coefficient (Wildman–Crippen LogP) is 0.756. The molecule has 0 saturated carbocycles. The highest BCUT2D eigenvalue weighted by atomic mass is 19.1. The monoisotopic (exact) mass is 308 g/mol. The predicted molar refractivity (Wildman–Crippen MR) is 67.6 cm³/mol. The van der Waals surface area contributed by atoms with Gasteiger partial charge in [0.2, 0.25) is 5.91 Å². The Morgan fingerprint density at radius 2 is 1.82 bits per heavy atom. The topological polar surface area (TPSA) is 83.6 Å². The van der Waals surface area contributed by atoms with E-state index in [0.717, 1.165) is 6.07 Å². The lowest BCUT2D eigenvalue weighted by Crippen LogP contribution is -2.62. The number of piperidine rings is 1. The van der Waals surface area contributed by atoms with Gasteiger partial charge in [-0.15, -0.1) is 0 Å². The fraction of sp³-hybridized carbons (Fsp3) is 0.286. The van der Waals surface area contributed by atoms with Crippen LogP contribution in [0.1, 0.15) is 40.5 Å². The summed E-state index contributed by atoms with van der Waals surface area (Å²) in [5.74, 6) is -5.45. The van der Waals surface area contributed by atoms with Crippen LogP contribution in [0.3, 0.4) is 0 Å². The molecule has 22 heavy (non-hydrogen) atoms. The molecule has 1 atom stereocenters. The second-order valence-corrected chi connectivity index (χ2v) is 5.41. The highest BCUT2D eigenvalue weighted by Crippen LogP contribution is 2.35. The minimum absolute atomic E-state index is 0.0630. The molecule has 1 unspecified atom stereocenters. The van der Waals surface area contributed by atoms with Crippen molar-refractivity contribution in [3.05, 3.63) is 34.9 Å². The molecule has 0 aromatic heterocycles. The molecular weight excluding hydrogens is 298 g/mol. The Balaban J connectivity index is 2.10. The Kier molecular flexibility index (Phi) is 2.88. The van der Waals surface area contributed by atoms with Crippen LogP contribution in [-0.2, 0) is 9.59 Å². The number of benzene rings is 1. The summed E-state index contributed by atoms with van der Waals surface area (Å²) in [7, 11) is 0. The van der Waals surface area contributed by atoms with Crippen LogP contribution in [0.15, 0.2) is 12.1 Å². The van der Waals surface area contributed by atoms with Crippen LogP contribution >= 0.6 is 0 Å². The first-order chi connectivity index (χ1) is 10.3. The van der Waals surface area contributed by atoms with E-state index in [4.69, 9.17) is 0 Å². The van der Waals surface area contributed by atoms with Gasteiger partial charge < -0.3 is 0 Å². The van der Waals surface area contributed by atoms with Crippen LogP contribution in [0.5, 0.6) is 0 Å². The Bertz CT molecular complexity index is 761. The molecule has 114 valence electrons. The average Bonchev–Trinajstić information content (AvgIpc) is 2.67. The van der Waals surface area contributed by atoms with Gasteiger partial charge >= 0.3 is 0 Å². The Morgan fingerprint density at radius 1 is 1.14 bits per heavy atom. The highest BCUT2D eigenvalue weighted by molar-refractivity contribution is 6.24. The minimum Gasteiger partial charge on any atom is -0.294 e. The largest absolute Gasteiger partial charge is 0.294 e. The van der Waals surface area contributed by atoms with Crippen molar-refractivity contribution < 1.29 is 28.0 Å². The van der Waals surface area contributed by atoms with Crippen molar-refractivity contribution in [3.8, 4) is 0 Å². The summed E-state index contributed by atoms with van der Waals surface area (Å²) in [6.07, 6.45) is -0.139. The molecule has 2 aliphatic heterocycles. The first-order valence-corrected chi connectivity index (χ1v) is 6.48. The van der Waals surface area contributed by atoms with Crippen LogP contribution in [0.4, 0.5) is 8.78 Å². The van der Waals surface area contributed by atoms with Crippen LogP contribution in [0.25, 0.3) is 0 Å². The summed E-state index contributed by atoms with van der Waals surface area (Å²) in [6, 6.07) is 1.26. The molecule has 4 amide bonds. The number of nitrogens with zero attached hydrogens (tertiary/aromatic N) is 1. The second-order valence-electron chi connectivity index (χ2n) is 5.41. The standard InChI is InChI=1S/C14H10F2N2O4/c1-14(3-2-9(19)17-13(14)22)18-11(20)7-4-6(15)5-8(16)10(7)12(18)21/h4-5H,2-3H2,1H3,(H,17,19,22). The average molecular weight is 308 g/mol. The lowest BCUT2D eigenvalue weighted by atomic mass is 9.89. The molecule has 8 heteroatoms. The number of hydrogen-bond donors (Lipinski definition) is 1. The molecule has 1 aromatic carbocycles. The van der Waals surface area contributed by atoms with Crippen LogP contribution in [0, 0.1) is 11.6 Å². The summed E-state index contributed by atoms with van der Waals surface area (Å²) in [6.45, 7) is 1.31. The molecule has 2 heterocycles. The SMILES string of the molecule is CC1(N2C(=O)c3cc(F)cc(F)c3C2=O)CCC(=O)NC1=O. The van der Waals surface area contributed by atoms with Gasteiger partial charge in [0.15, 0.2) is 0 Å². The third kappa shape index (κ3) is 1.76. The Hall–Kier alpha value is -2.64. The van der Waals surface area contributed by atoms with Gasteiger partial charge in [-0.2, -0.15) is 0 Å². The maximum absolute atomic E-state index is 13.8. The number of amides is 4. The Morgan fingerprint density at radius 3 is 2.45 bits per heavy atom. The number of carbonyl (C=O) groups excluding carboxylic acids is 4. The third-order valence-electron chi connectivity index (χ3n) is 3.98. The lowest BCUT2D eigenvalue weighted by molar-refractivity contribution is -0.140. The molecule has 3 rings (SSSR count). The quantitative estimate of drug-likeness (QED) is 0.776. The van der Waals surface area contributed by atoms with Crippen LogP contribution in [0.2, 0.25) is 0 Å². The summed E-state index contributed by atoms with van der Waals surface area (Å²) in [5.41, 5.74) is -2.60. The summed E-state index contributed by atoms with van der Waals surface area (Å²) >= 11 is 0. The van der Waals surface area contributed by atoms with Gasteiger partial charge in [0.1, 0.15) is 17.2 Å². The normalized spacial score (nSPS) is 24.6. The molecular formula is C14H10F2N2O4. The van der Waals surface area contributed by atoms with E-state index in [1.54, 1.807) is 0 Å². The number of imide groups is 2. The van der Waals surface area contributed by atoms with Gasteiger partial charge in [-0.3, -0.25) is 29.4 Å². The molecule has 0 spiro atoms. The zero-order valence-electron chi connectivity index (χ0n) is 11.4. The number of carbonyl (C=O) groups is 4. The van der Waals surface area contributed by atoms with E-state index in [1.807, 2.05) is 5.32 Å². The van der Waals surface area contributed by atoms with Crippen molar-refractivity contribution >= 4 is 23.6 Å². The van der Waals surface area contributed by atoms with Gasteiger partial charge in [-0.05, 0) is 19.4 Å². The van der Waals surface area contributed by atoms with Crippen LogP contribution in [-0.4, -0.2) is 34.1 Å². The zero-order valence-corrected chi connectivity index (χ0v) is 11.4. The van der Waals surface area contributed by atoms with E-state index in [9.17, 15) is 28.0 Å². The molecule has 1 aromatic rings. The molecule has 1 saturated heterocycles. The number of hydrogen-bond acceptors (Lipinski definition) is 4. The van der Waals surface area contributed by atoms with E-state index < -0.39 is 51.9 Å². The number of rotatable bonds is 1. The van der Waals surface area contributed by atoms with Crippen molar-refractivity contribution in [1.82, 2.24) is 10.2 Å². The Labute approximate surface area is 123 Å². The number of nitrogens with one attached hydrogen (secondary N) is 1. The summed E-state index contributed by atoms with van der Waals surface area (Å²) < 4.78 is 27.1. The van der Waals surface area contributed by atoms with Gasteiger partial charge in [0, 0.05) is 12.5 Å². The number of halogens is 2. The van der Waals surface area contributed by atoms with Crippen molar-refractivity contribution in [3.63, 3.8) is 0 Å². The molecule has 1 fully saturated rings. The molecule has 6 nitrogen and oxygen atoms in total. The molecule has 2 aliphatic rings.